The molecule has 1 aromatic carbocycles. The van der Waals surface area contributed by atoms with Gasteiger partial charge in [0.25, 0.3) is 0 Å². The molecule has 1 N–H and O–H groups in total. The average Bonchev–Trinajstić information content (AvgIpc) is 3.34. The first-order valence-corrected chi connectivity index (χ1v) is 10.8. The van der Waals surface area contributed by atoms with Gasteiger partial charge in [-0.25, -0.2) is 13.4 Å². The Bertz CT molecular complexity index is 1150. The molecule has 2 heterocycles. The van der Waals surface area contributed by atoms with Crippen LogP contribution in [0.1, 0.15) is 5.76 Å². The van der Waals surface area contributed by atoms with Gasteiger partial charge < -0.3 is 4.42 Å². The molecule has 7 nitrogen and oxygen atoms in total. The first-order valence-electron chi connectivity index (χ1n) is 8.59. The number of sulfonamides is 1. The molecule has 9 heteroatoms. The maximum absolute atomic E-state index is 12.9. The Hall–Kier alpha value is -3.01. The van der Waals surface area contributed by atoms with Gasteiger partial charge in [-0.2, -0.15) is 4.31 Å². The lowest BCUT2D eigenvalue weighted by molar-refractivity contribution is -0.111. The molecule has 0 aliphatic heterocycles. The van der Waals surface area contributed by atoms with E-state index in [-0.39, 0.29) is 23.9 Å². The largest absolute Gasteiger partial charge is 0.465 e. The lowest BCUT2D eigenvalue weighted by Crippen LogP contribution is -2.31. The van der Waals surface area contributed by atoms with Crippen LogP contribution in [0.4, 0.5) is 5.13 Å². The summed E-state index contributed by atoms with van der Waals surface area (Å²) in [6.45, 7) is 7.56. The molecule has 2 aromatic heterocycles. The van der Waals surface area contributed by atoms with Gasteiger partial charge in [0, 0.05) is 19.2 Å². The Morgan fingerprint density at radius 1 is 1.24 bits per heavy atom. The van der Waals surface area contributed by atoms with E-state index >= 15 is 0 Å². The van der Waals surface area contributed by atoms with Crippen LogP contribution in [-0.2, 0) is 14.8 Å². The standard InChI is InChI=1S/C20H19N3O4S2/c1-3-11-23(12-4-2)29(25,26)16-8-9-17-18(14-16)28-20(21-17)22-19(24)10-7-15-6-5-13-27-15/h3-10,13-14H,1-2,11-12H2,(H,21,22,24)/b10-7+. The molecule has 0 bridgehead atoms. The third-order valence-corrected chi connectivity index (χ3v) is 6.60. The minimum atomic E-state index is -3.70. The van der Waals surface area contributed by atoms with Gasteiger partial charge in [0.1, 0.15) is 5.76 Å². The van der Waals surface area contributed by atoms with E-state index in [1.54, 1.807) is 30.3 Å². The Morgan fingerprint density at radius 3 is 2.66 bits per heavy atom. The molecule has 0 saturated heterocycles. The van der Waals surface area contributed by atoms with Crippen LogP contribution in [-0.4, -0.2) is 36.7 Å². The van der Waals surface area contributed by atoms with Gasteiger partial charge in [-0.05, 0) is 36.4 Å². The number of aromatic nitrogens is 1. The van der Waals surface area contributed by atoms with Gasteiger partial charge >= 0.3 is 0 Å². The van der Waals surface area contributed by atoms with E-state index in [1.165, 1.54) is 46.2 Å². The monoisotopic (exact) mass is 429 g/mol. The lowest BCUT2D eigenvalue weighted by Gasteiger charge is -2.18. The van der Waals surface area contributed by atoms with Crippen molar-refractivity contribution in [3.05, 3.63) is 73.7 Å². The Balaban J connectivity index is 1.81. The summed E-state index contributed by atoms with van der Waals surface area (Å²) in [5.74, 6) is 0.194. The van der Waals surface area contributed by atoms with E-state index in [0.717, 1.165) is 0 Å². The van der Waals surface area contributed by atoms with Crippen LogP contribution in [0.3, 0.4) is 0 Å². The lowest BCUT2D eigenvalue weighted by atomic mass is 10.3. The van der Waals surface area contributed by atoms with Crippen LogP contribution in [0.25, 0.3) is 16.3 Å². The molecule has 29 heavy (non-hydrogen) atoms. The van der Waals surface area contributed by atoms with Gasteiger partial charge in [0.2, 0.25) is 15.9 Å². The van der Waals surface area contributed by atoms with Crippen LogP contribution in [0.2, 0.25) is 0 Å². The molecule has 0 fully saturated rings. The number of thiazole rings is 1. The molecule has 0 radical (unpaired) electrons. The molecule has 1 amide bonds. The van der Waals surface area contributed by atoms with Gasteiger partial charge in [-0.3, -0.25) is 10.1 Å². The third-order valence-electron chi connectivity index (χ3n) is 3.84. The highest BCUT2D eigenvalue weighted by atomic mass is 32.2. The molecule has 0 atom stereocenters. The van der Waals surface area contributed by atoms with Crippen molar-refractivity contribution in [3.63, 3.8) is 0 Å². The molecular formula is C20H19N3O4S2. The zero-order valence-corrected chi connectivity index (χ0v) is 17.1. The Morgan fingerprint density at radius 2 is 2.00 bits per heavy atom. The number of nitrogens with zero attached hydrogens (tertiary/aromatic N) is 2. The molecule has 0 aliphatic carbocycles. The number of fused-ring (bicyclic) bond motifs is 1. The predicted molar refractivity (Wildman–Crippen MR) is 115 cm³/mol. The molecule has 3 rings (SSSR count). The molecule has 150 valence electrons. The Labute approximate surface area is 172 Å². The number of hydrogen-bond acceptors (Lipinski definition) is 6. The number of furan rings is 1. The van der Waals surface area contributed by atoms with Crippen LogP contribution in [0, 0.1) is 0 Å². The summed E-state index contributed by atoms with van der Waals surface area (Å²) in [5.41, 5.74) is 0.596. The zero-order chi connectivity index (χ0) is 20.9. The number of carbonyl (C=O) groups is 1. The van der Waals surface area contributed by atoms with Crippen molar-refractivity contribution in [2.45, 2.75) is 4.90 Å². The molecule has 0 unspecified atom stereocenters. The van der Waals surface area contributed by atoms with Crippen LogP contribution in [0.15, 0.2) is 77.3 Å². The molecule has 0 aliphatic rings. The number of nitrogens with one attached hydrogen (secondary N) is 1. The summed E-state index contributed by atoms with van der Waals surface area (Å²) in [6.07, 6.45) is 7.44. The number of rotatable bonds is 9. The third kappa shape index (κ3) is 4.89. The van der Waals surface area contributed by atoms with Crippen molar-refractivity contribution in [2.75, 3.05) is 18.4 Å². The highest BCUT2D eigenvalue weighted by Gasteiger charge is 2.23. The minimum Gasteiger partial charge on any atom is -0.465 e. The second-order valence-electron chi connectivity index (χ2n) is 5.89. The highest BCUT2D eigenvalue weighted by Crippen LogP contribution is 2.29. The molecular weight excluding hydrogens is 410 g/mol. The van der Waals surface area contributed by atoms with Crippen LogP contribution >= 0.6 is 11.3 Å². The van der Waals surface area contributed by atoms with E-state index in [9.17, 15) is 13.2 Å². The van der Waals surface area contributed by atoms with Crippen LogP contribution in [0.5, 0.6) is 0 Å². The number of benzene rings is 1. The number of anilines is 1. The normalized spacial score (nSPS) is 11.9. The summed E-state index contributed by atoms with van der Waals surface area (Å²) in [7, 11) is -3.70. The van der Waals surface area contributed by atoms with Crippen molar-refractivity contribution in [1.82, 2.24) is 9.29 Å². The summed E-state index contributed by atoms with van der Waals surface area (Å²) in [4.78, 5) is 16.5. The summed E-state index contributed by atoms with van der Waals surface area (Å²) < 4.78 is 32.8. The maximum Gasteiger partial charge on any atom is 0.250 e. The molecule has 0 saturated carbocycles. The van der Waals surface area contributed by atoms with Crippen molar-refractivity contribution in [1.29, 1.82) is 0 Å². The quantitative estimate of drug-likeness (QED) is 0.411. The highest BCUT2D eigenvalue weighted by molar-refractivity contribution is 7.89. The summed E-state index contributed by atoms with van der Waals surface area (Å²) in [6, 6.07) is 8.12. The fraction of sp³-hybridized carbons (Fsp3) is 0.100. The first-order chi connectivity index (χ1) is 13.9. The fourth-order valence-corrected chi connectivity index (χ4v) is 4.91. The van der Waals surface area contributed by atoms with E-state index < -0.39 is 10.0 Å². The minimum absolute atomic E-state index is 0.146. The molecule has 0 spiro atoms. The maximum atomic E-state index is 12.9. The SMILES string of the molecule is C=CCN(CC=C)S(=O)(=O)c1ccc2nc(NC(=O)/C=C/c3ccco3)sc2c1. The number of amides is 1. The van der Waals surface area contributed by atoms with E-state index in [2.05, 4.69) is 23.5 Å². The van der Waals surface area contributed by atoms with Crippen molar-refractivity contribution < 1.29 is 17.6 Å². The topological polar surface area (TPSA) is 92.5 Å². The Kier molecular flexibility index (Phi) is 6.42. The first kappa shape index (κ1) is 20.7. The van der Waals surface area contributed by atoms with Gasteiger partial charge in [0.15, 0.2) is 5.13 Å². The fourth-order valence-electron chi connectivity index (χ4n) is 2.52. The van der Waals surface area contributed by atoms with Crippen molar-refractivity contribution in [2.24, 2.45) is 0 Å². The number of carbonyl (C=O) groups excluding carboxylic acids is 1. The van der Waals surface area contributed by atoms with Gasteiger partial charge in [0.05, 0.1) is 21.4 Å². The van der Waals surface area contributed by atoms with E-state index in [0.29, 0.717) is 21.1 Å². The van der Waals surface area contributed by atoms with E-state index in [1.807, 2.05) is 0 Å². The van der Waals surface area contributed by atoms with Crippen LogP contribution < -0.4 is 5.32 Å². The van der Waals surface area contributed by atoms with Crippen molar-refractivity contribution >= 4 is 48.7 Å². The number of hydrogen-bond donors (Lipinski definition) is 1. The van der Waals surface area contributed by atoms with Gasteiger partial charge in [-0.15, -0.1) is 13.2 Å². The zero-order valence-electron chi connectivity index (χ0n) is 15.4. The average molecular weight is 430 g/mol. The van der Waals surface area contributed by atoms with Crippen molar-refractivity contribution in [3.8, 4) is 0 Å². The second-order valence-corrected chi connectivity index (χ2v) is 8.85. The van der Waals surface area contributed by atoms with E-state index in [4.69, 9.17) is 4.42 Å². The summed E-state index contributed by atoms with van der Waals surface area (Å²) in [5, 5.41) is 3.04. The molecule has 3 aromatic rings. The predicted octanol–water partition coefficient (Wildman–Crippen LogP) is 3.90. The van der Waals surface area contributed by atoms with Gasteiger partial charge in [-0.1, -0.05) is 23.5 Å². The summed E-state index contributed by atoms with van der Waals surface area (Å²) >= 11 is 1.19. The smallest absolute Gasteiger partial charge is 0.250 e. The second kappa shape index (κ2) is 8.99.